The van der Waals surface area contributed by atoms with Gasteiger partial charge in [0.2, 0.25) is 0 Å². The number of nitrogens with one attached hydrogen (secondary N) is 1. The Balaban J connectivity index is 1.71. The van der Waals surface area contributed by atoms with Crippen molar-refractivity contribution in [3.05, 3.63) is 77.1 Å². The van der Waals surface area contributed by atoms with Crippen LogP contribution < -0.4 is 5.32 Å². The lowest BCUT2D eigenvalue weighted by Gasteiger charge is -2.07. The number of nitrogens with zero attached hydrogens (tertiary/aromatic N) is 1. The van der Waals surface area contributed by atoms with Gasteiger partial charge >= 0.3 is 0 Å². The highest BCUT2D eigenvalue weighted by Gasteiger charge is 2.09. The van der Waals surface area contributed by atoms with Crippen LogP contribution in [0.3, 0.4) is 0 Å². The first-order chi connectivity index (χ1) is 11.7. The summed E-state index contributed by atoms with van der Waals surface area (Å²) in [6, 6.07) is 11.8. The van der Waals surface area contributed by atoms with Crippen LogP contribution in [0.15, 0.2) is 54.4 Å². The summed E-state index contributed by atoms with van der Waals surface area (Å²) in [6.07, 6.45) is 4.14. The first kappa shape index (κ1) is 15.3. The van der Waals surface area contributed by atoms with Gasteiger partial charge in [-0.15, -0.1) is 11.8 Å². The Hall–Kier alpha value is -2.27. The summed E-state index contributed by atoms with van der Waals surface area (Å²) in [5, 5.41) is 4.50. The van der Waals surface area contributed by atoms with Crippen molar-refractivity contribution in [1.29, 1.82) is 0 Å². The second-order valence-corrected chi connectivity index (χ2v) is 6.83. The highest BCUT2D eigenvalue weighted by Crippen LogP contribution is 2.25. The number of thioether (sulfide) groups is 1. The van der Waals surface area contributed by atoms with E-state index >= 15 is 0 Å². The molecule has 5 heteroatoms. The van der Waals surface area contributed by atoms with Crippen LogP contribution >= 0.6 is 11.8 Å². The van der Waals surface area contributed by atoms with Crippen molar-refractivity contribution in [1.82, 2.24) is 9.88 Å². The van der Waals surface area contributed by atoms with Gasteiger partial charge in [-0.3, -0.25) is 0 Å². The van der Waals surface area contributed by atoms with E-state index in [1.54, 1.807) is 0 Å². The summed E-state index contributed by atoms with van der Waals surface area (Å²) >= 11 is 1.86. The van der Waals surface area contributed by atoms with Crippen LogP contribution in [0.2, 0.25) is 0 Å². The van der Waals surface area contributed by atoms with Crippen molar-refractivity contribution in [2.24, 2.45) is 0 Å². The van der Waals surface area contributed by atoms with Crippen LogP contribution in [0.25, 0.3) is 17.0 Å². The van der Waals surface area contributed by atoms with Gasteiger partial charge in [0.1, 0.15) is 11.6 Å². The highest BCUT2D eigenvalue weighted by atomic mass is 32.2. The van der Waals surface area contributed by atoms with E-state index < -0.39 is 11.6 Å². The maximum atomic E-state index is 13.4. The number of rotatable bonds is 3. The van der Waals surface area contributed by atoms with Crippen LogP contribution in [0.1, 0.15) is 11.1 Å². The molecule has 0 bridgehead atoms. The van der Waals surface area contributed by atoms with E-state index in [-0.39, 0.29) is 0 Å². The van der Waals surface area contributed by atoms with Crippen LogP contribution in [-0.2, 0) is 6.54 Å². The molecule has 0 saturated carbocycles. The lowest BCUT2D eigenvalue weighted by molar-refractivity contribution is 0.578. The molecule has 24 heavy (non-hydrogen) atoms. The van der Waals surface area contributed by atoms with Gasteiger partial charge in [-0.2, -0.15) is 0 Å². The second kappa shape index (κ2) is 6.32. The molecule has 1 N–H and O–H groups in total. The normalized spacial score (nSPS) is 16.0. The first-order valence-electron chi connectivity index (χ1n) is 7.74. The lowest BCUT2D eigenvalue weighted by Crippen LogP contribution is -2.03. The fraction of sp³-hybridized carbons (Fsp3) is 0.158. The van der Waals surface area contributed by atoms with Crippen LogP contribution in [-0.4, -0.2) is 16.2 Å². The Morgan fingerprint density at radius 1 is 1.12 bits per heavy atom. The predicted molar refractivity (Wildman–Crippen MR) is 95.8 cm³/mol. The zero-order chi connectivity index (χ0) is 16.5. The summed E-state index contributed by atoms with van der Waals surface area (Å²) in [5.74, 6) is 0.863. The van der Waals surface area contributed by atoms with Gasteiger partial charge in [0, 0.05) is 41.2 Å². The Morgan fingerprint density at radius 3 is 2.71 bits per heavy atom. The van der Waals surface area contributed by atoms with Crippen molar-refractivity contribution in [3.63, 3.8) is 0 Å². The molecule has 2 nitrogen and oxygen atoms in total. The summed E-state index contributed by atoms with van der Waals surface area (Å²) in [4.78, 5) is 0. The number of hydrogen-bond donors (Lipinski definition) is 1. The Kier molecular flexibility index (Phi) is 4.02. The Bertz CT molecular complexity index is 902. The molecule has 0 amide bonds. The Morgan fingerprint density at radius 2 is 1.96 bits per heavy atom. The SMILES string of the molecule is Fc1cc(F)cc(Cn2ccc3c(C=C4CSCN4)cccc32)c1. The minimum atomic E-state index is -0.545. The molecular weight excluding hydrogens is 326 g/mol. The molecule has 1 aliphatic rings. The molecule has 0 radical (unpaired) electrons. The molecule has 122 valence electrons. The molecule has 2 aromatic carbocycles. The van der Waals surface area contributed by atoms with E-state index in [4.69, 9.17) is 0 Å². The average molecular weight is 342 g/mol. The van der Waals surface area contributed by atoms with Crippen molar-refractivity contribution in [2.45, 2.75) is 6.54 Å². The summed E-state index contributed by atoms with van der Waals surface area (Å²) in [5.41, 5.74) is 4.05. The summed E-state index contributed by atoms with van der Waals surface area (Å²) in [6.45, 7) is 0.437. The van der Waals surface area contributed by atoms with E-state index in [1.807, 2.05) is 34.7 Å². The predicted octanol–water partition coefficient (Wildman–Crippen LogP) is 4.60. The van der Waals surface area contributed by atoms with Crippen molar-refractivity contribution >= 4 is 28.7 Å². The van der Waals surface area contributed by atoms with Crippen LogP contribution in [0, 0.1) is 11.6 Å². The molecule has 0 spiro atoms. The van der Waals surface area contributed by atoms with Gasteiger partial charge in [-0.05, 0) is 41.5 Å². The summed E-state index contributed by atoms with van der Waals surface area (Å²) in [7, 11) is 0. The maximum Gasteiger partial charge on any atom is 0.126 e. The highest BCUT2D eigenvalue weighted by molar-refractivity contribution is 7.99. The van der Waals surface area contributed by atoms with E-state index in [2.05, 4.69) is 23.5 Å². The molecule has 1 fully saturated rings. The lowest BCUT2D eigenvalue weighted by atomic mass is 10.1. The molecule has 0 aliphatic carbocycles. The van der Waals surface area contributed by atoms with Gasteiger partial charge < -0.3 is 9.88 Å². The number of halogens is 2. The third kappa shape index (κ3) is 3.04. The minimum Gasteiger partial charge on any atom is -0.379 e. The van der Waals surface area contributed by atoms with Crippen LogP contribution in [0.4, 0.5) is 8.78 Å². The van der Waals surface area contributed by atoms with Gasteiger partial charge in [-0.25, -0.2) is 8.78 Å². The molecular formula is C19H16F2N2S. The quantitative estimate of drug-likeness (QED) is 0.749. The van der Waals surface area contributed by atoms with Crippen molar-refractivity contribution in [2.75, 3.05) is 11.6 Å². The topological polar surface area (TPSA) is 17.0 Å². The van der Waals surface area contributed by atoms with Gasteiger partial charge in [0.05, 0.1) is 5.88 Å². The first-order valence-corrected chi connectivity index (χ1v) is 8.89. The average Bonchev–Trinajstić information content (AvgIpc) is 3.17. The fourth-order valence-corrected chi connectivity index (χ4v) is 3.84. The standard InChI is InChI=1S/C19H16F2N2S/c20-15-6-13(7-16(21)9-15)10-23-5-4-18-14(2-1-3-19(18)23)8-17-11-24-12-22-17/h1-9,22H,10-12H2. The fourth-order valence-electron chi connectivity index (χ4n) is 3.05. The maximum absolute atomic E-state index is 13.4. The van der Waals surface area contributed by atoms with Crippen molar-refractivity contribution < 1.29 is 8.78 Å². The minimum absolute atomic E-state index is 0.437. The van der Waals surface area contributed by atoms with Crippen LogP contribution in [0.5, 0.6) is 0 Å². The smallest absolute Gasteiger partial charge is 0.126 e. The molecule has 0 unspecified atom stereocenters. The summed E-state index contributed by atoms with van der Waals surface area (Å²) < 4.78 is 28.8. The van der Waals surface area contributed by atoms with Gasteiger partial charge in [0.15, 0.2) is 0 Å². The zero-order valence-corrected chi connectivity index (χ0v) is 13.7. The third-order valence-corrected chi connectivity index (χ3v) is 4.97. The van der Waals surface area contributed by atoms with Gasteiger partial charge in [0.25, 0.3) is 0 Å². The number of aromatic nitrogens is 1. The van der Waals surface area contributed by atoms with E-state index in [9.17, 15) is 8.78 Å². The van der Waals surface area contributed by atoms with Crippen molar-refractivity contribution in [3.8, 4) is 0 Å². The van der Waals surface area contributed by atoms with Gasteiger partial charge in [-0.1, -0.05) is 12.1 Å². The van der Waals surface area contributed by atoms with E-state index in [0.29, 0.717) is 12.1 Å². The largest absolute Gasteiger partial charge is 0.379 e. The van der Waals surface area contributed by atoms with E-state index in [0.717, 1.165) is 34.2 Å². The molecule has 1 saturated heterocycles. The number of hydrogen-bond acceptors (Lipinski definition) is 2. The molecule has 1 aliphatic heterocycles. The second-order valence-electron chi connectivity index (χ2n) is 5.84. The van der Waals surface area contributed by atoms with E-state index in [1.165, 1.54) is 17.8 Å². The molecule has 0 atom stereocenters. The monoisotopic (exact) mass is 342 g/mol. The number of benzene rings is 2. The number of fused-ring (bicyclic) bond motifs is 1. The third-order valence-electron chi connectivity index (χ3n) is 4.11. The Labute approximate surface area is 143 Å². The molecule has 4 rings (SSSR count). The molecule has 3 aromatic rings. The molecule has 1 aromatic heterocycles. The molecule has 2 heterocycles. The zero-order valence-electron chi connectivity index (χ0n) is 12.9.